The lowest BCUT2D eigenvalue weighted by molar-refractivity contribution is 0.0696. The first kappa shape index (κ1) is 25.7. The smallest absolute Gasteiger partial charge is 0.335 e. The number of carbonyl (C=O) groups is 2. The minimum atomic E-state index is -1.14. The van der Waals surface area contributed by atoms with Crippen molar-refractivity contribution in [3.05, 3.63) is 112 Å². The third kappa shape index (κ3) is 4.98. The van der Waals surface area contributed by atoms with Crippen molar-refractivity contribution in [3.8, 4) is 22.6 Å². The lowest BCUT2D eigenvalue weighted by Gasteiger charge is -2.26. The van der Waals surface area contributed by atoms with Crippen LogP contribution in [0.15, 0.2) is 65.1 Å². The number of nitrogens with zero attached hydrogens (tertiary/aromatic N) is 3. The molecular weight excluding hydrogens is 539 g/mol. The number of amides is 1. The second kappa shape index (κ2) is 10.2. The molecule has 0 bridgehead atoms. The van der Waals surface area contributed by atoms with E-state index in [4.69, 9.17) is 4.42 Å². The number of H-pyrrole nitrogens is 1. The number of aromatic amines is 1. The summed E-state index contributed by atoms with van der Waals surface area (Å²) in [6, 6.07) is 12.5. The van der Waals surface area contributed by atoms with Crippen LogP contribution in [-0.4, -0.2) is 37.4 Å². The third-order valence-corrected chi connectivity index (χ3v) is 6.60. The second-order valence-electron chi connectivity index (χ2n) is 9.21. The van der Waals surface area contributed by atoms with Crippen molar-refractivity contribution in [2.75, 3.05) is 0 Å². The zero-order chi connectivity index (χ0) is 28.7. The summed E-state index contributed by atoms with van der Waals surface area (Å²) in [6.07, 6.45) is 3.04. The molecule has 5 aromatic rings. The fraction of sp³-hybridized carbons (Fsp3) is 0.0690. The van der Waals surface area contributed by atoms with Crippen molar-refractivity contribution in [1.29, 1.82) is 0 Å². The van der Waals surface area contributed by atoms with Crippen LogP contribution in [-0.2, 0) is 6.42 Å². The van der Waals surface area contributed by atoms with Crippen molar-refractivity contribution in [1.82, 2.24) is 25.7 Å². The predicted molar refractivity (Wildman–Crippen MR) is 140 cm³/mol. The van der Waals surface area contributed by atoms with E-state index in [9.17, 15) is 27.9 Å². The number of rotatable bonds is 6. The maximum atomic E-state index is 14.7. The molecule has 0 radical (unpaired) electrons. The van der Waals surface area contributed by atoms with Crippen molar-refractivity contribution in [2.24, 2.45) is 0 Å². The van der Waals surface area contributed by atoms with E-state index in [1.54, 1.807) is 18.2 Å². The number of aromatic carboxylic acids is 1. The van der Waals surface area contributed by atoms with Crippen molar-refractivity contribution in [2.45, 2.75) is 12.5 Å². The molecule has 41 heavy (non-hydrogen) atoms. The molecule has 3 aromatic carbocycles. The van der Waals surface area contributed by atoms with Crippen molar-refractivity contribution >= 4 is 24.0 Å². The van der Waals surface area contributed by atoms with E-state index in [1.165, 1.54) is 42.5 Å². The molecule has 3 N–H and O–H groups in total. The van der Waals surface area contributed by atoms with E-state index in [2.05, 4.69) is 25.7 Å². The first-order valence-corrected chi connectivity index (χ1v) is 12.2. The van der Waals surface area contributed by atoms with Crippen molar-refractivity contribution in [3.63, 3.8) is 0 Å². The second-order valence-corrected chi connectivity index (χ2v) is 9.21. The van der Waals surface area contributed by atoms with Gasteiger partial charge in [0.1, 0.15) is 17.5 Å². The van der Waals surface area contributed by atoms with Gasteiger partial charge in [-0.2, -0.15) is 5.10 Å². The lowest BCUT2D eigenvalue weighted by Crippen LogP contribution is -2.36. The van der Waals surface area contributed by atoms with Gasteiger partial charge in [0, 0.05) is 40.8 Å². The molecule has 1 atom stereocenters. The van der Waals surface area contributed by atoms with Crippen LogP contribution in [0.3, 0.4) is 0 Å². The summed E-state index contributed by atoms with van der Waals surface area (Å²) in [5.41, 5.74) is 2.12. The van der Waals surface area contributed by atoms with Crippen LogP contribution < -0.4 is 5.32 Å². The number of halogens is 3. The predicted octanol–water partition coefficient (Wildman–Crippen LogP) is 5.44. The maximum absolute atomic E-state index is 14.7. The van der Waals surface area contributed by atoms with Gasteiger partial charge in [-0.25, -0.2) is 18.0 Å². The number of hydrogen-bond donors (Lipinski definition) is 3. The van der Waals surface area contributed by atoms with Crippen LogP contribution in [0.4, 0.5) is 13.2 Å². The van der Waals surface area contributed by atoms with Crippen LogP contribution in [0.2, 0.25) is 0 Å². The molecule has 0 saturated heterocycles. The average molecular weight is 557 g/mol. The van der Waals surface area contributed by atoms with Gasteiger partial charge in [0.05, 0.1) is 23.0 Å². The molecule has 1 amide bonds. The van der Waals surface area contributed by atoms with Gasteiger partial charge >= 0.3 is 5.97 Å². The molecule has 9 nitrogen and oxygen atoms in total. The molecule has 0 fully saturated rings. The number of carboxylic acid groups (broad SMARTS) is 1. The van der Waals surface area contributed by atoms with Gasteiger partial charge in [-0.3, -0.25) is 9.89 Å². The number of carbonyl (C=O) groups excluding carboxylic acids is 1. The molecule has 1 unspecified atom stereocenters. The Bertz CT molecular complexity index is 1850. The third-order valence-electron chi connectivity index (χ3n) is 6.60. The minimum absolute atomic E-state index is 0.00511. The zero-order valence-corrected chi connectivity index (χ0v) is 20.9. The molecule has 3 heterocycles. The Kier molecular flexibility index (Phi) is 6.42. The molecule has 2 aromatic heterocycles. The van der Waals surface area contributed by atoms with E-state index in [0.29, 0.717) is 28.1 Å². The lowest BCUT2D eigenvalue weighted by atomic mass is 9.89. The summed E-state index contributed by atoms with van der Waals surface area (Å²) < 4.78 is 47.3. The highest BCUT2D eigenvalue weighted by atomic mass is 19.1. The quantitative estimate of drug-likeness (QED) is 0.253. The molecule has 1 aliphatic heterocycles. The summed E-state index contributed by atoms with van der Waals surface area (Å²) >= 11 is 0. The van der Waals surface area contributed by atoms with Crippen LogP contribution in [0.25, 0.3) is 34.7 Å². The SMILES string of the molecule is O=C(O)c1cccc(-c2c(/C=C/c3nnc(-c4ccc(F)cc4)o3)n[nH]c2C2Cc3c(F)cc(F)cc3C(=O)N2)c1. The maximum Gasteiger partial charge on any atom is 0.335 e. The van der Waals surface area contributed by atoms with Crippen LogP contribution >= 0.6 is 0 Å². The van der Waals surface area contributed by atoms with Gasteiger partial charge in [-0.15, -0.1) is 10.2 Å². The van der Waals surface area contributed by atoms with E-state index >= 15 is 0 Å². The Morgan fingerprint density at radius 2 is 1.78 bits per heavy atom. The minimum Gasteiger partial charge on any atom is -0.478 e. The Balaban J connectivity index is 1.40. The average Bonchev–Trinajstić information content (AvgIpc) is 3.60. The number of carboxylic acids is 1. The zero-order valence-electron chi connectivity index (χ0n) is 20.9. The first-order chi connectivity index (χ1) is 19.8. The largest absolute Gasteiger partial charge is 0.478 e. The topological polar surface area (TPSA) is 134 Å². The first-order valence-electron chi connectivity index (χ1n) is 12.2. The Hall–Kier alpha value is -5.52. The van der Waals surface area contributed by atoms with Crippen LogP contribution in [0, 0.1) is 17.5 Å². The highest BCUT2D eigenvalue weighted by molar-refractivity contribution is 5.97. The number of aromatic nitrogens is 4. The number of nitrogens with one attached hydrogen (secondary N) is 2. The summed E-state index contributed by atoms with van der Waals surface area (Å²) in [5, 5.41) is 27.5. The molecule has 6 rings (SSSR count). The van der Waals surface area contributed by atoms with E-state index < -0.39 is 35.4 Å². The molecular formula is C29H18F3N5O4. The number of benzene rings is 3. The van der Waals surface area contributed by atoms with Gasteiger partial charge in [-0.1, -0.05) is 12.1 Å². The molecule has 0 saturated carbocycles. The summed E-state index contributed by atoms with van der Waals surface area (Å²) in [7, 11) is 0. The molecule has 204 valence electrons. The molecule has 1 aliphatic rings. The Labute approximate surface area is 229 Å². The summed E-state index contributed by atoms with van der Waals surface area (Å²) in [4.78, 5) is 24.5. The van der Waals surface area contributed by atoms with Gasteiger partial charge in [-0.05, 0) is 54.1 Å². The number of fused-ring (bicyclic) bond motifs is 1. The Morgan fingerprint density at radius 1 is 0.976 bits per heavy atom. The fourth-order valence-corrected chi connectivity index (χ4v) is 4.69. The standard InChI is InChI=1S/C29H18F3N5O4/c30-17-6-4-14(5-7-17)28-37-35-24(41-28)9-8-22-25(15-2-1-3-16(10-15)29(39)40)26(36-34-22)23-13-19-20(27(38)33-23)11-18(31)12-21(19)32/h1-12,23H,13H2,(H,33,38)(H,34,36)(H,39,40)/b9-8+. The summed E-state index contributed by atoms with van der Waals surface area (Å²) in [6.45, 7) is 0. The van der Waals surface area contributed by atoms with Crippen LogP contribution in [0.1, 0.15) is 49.6 Å². The molecule has 12 heteroatoms. The molecule has 0 spiro atoms. The summed E-state index contributed by atoms with van der Waals surface area (Å²) in [5.74, 6) is -3.63. The number of hydrogen-bond acceptors (Lipinski definition) is 6. The van der Waals surface area contributed by atoms with Gasteiger partial charge < -0.3 is 14.8 Å². The van der Waals surface area contributed by atoms with Crippen molar-refractivity contribution < 1.29 is 32.3 Å². The van der Waals surface area contributed by atoms with Crippen LogP contribution in [0.5, 0.6) is 0 Å². The monoisotopic (exact) mass is 557 g/mol. The van der Waals surface area contributed by atoms with Gasteiger partial charge in [0.2, 0.25) is 11.8 Å². The Morgan fingerprint density at radius 3 is 2.56 bits per heavy atom. The van der Waals surface area contributed by atoms with Gasteiger partial charge in [0.25, 0.3) is 5.91 Å². The molecule has 0 aliphatic carbocycles. The highest BCUT2D eigenvalue weighted by Crippen LogP contribution is 2.36. The van der Waals surface area contributed by atoms with E-state index in [1.807, 2.05) is 0 Å². The van der Waals surface area contributed by atoms with E-state index in [0.717, 1.165) is 12.1 Å². The fourth-order valence-electron chi connectivity index (χ4n) is 4.69. The highest BCUT2D eigenvalue weighted by Gasteiger charge is 2.32. The van der Waals surface area contributed by atoms with Gasteiger partial charge in [0.15, 0.2) is 0 Å². The van der Waals surface area contributed by atoms with E-state index in [-0.39, 0.29) is 34.9 Å². The normalized spacial score (nSPS) is 14.7.